The van der Waals surface area contributed by atoms with E-state index in [1.54, 1.807) is 0 Å². The number of halogens is 2. The maximum Gasteiger partial charge on any atom is 0.0409 e. The van der Waals surface area contributed by atoms with Crippen molar-refractivity contribution in [2.45, 2.75) is 24.8 Å². The van der Waals surface area contributed by atoms with E-state index in [1.165, 1.54) is 5.56 Å². The van der Waals surface area contributed by atoms with Gasteiger partial charge in [-0.15, -0.1) is 11.6 Å². The Morgan fingerprint density at radius 3 is 2.67 bits per heavy atom. The molecule has 0 aromatic heterocycles. The molecule has 1 nitrogen and oxygen atoms in total. The minimum Gasteiger partial charge on any atom is -0.299 e. The number of hydrogen-bond acceptors (Lipinski definition) is 1. The van der Waals surface area contributed by atoms with Crippen molar-refractivity contribution in [3.8, 4) is 0 Å². The van der Waals surface area contributed by atoms with Crippen molar-refractivity contribution in [2.75, 3.05) is 13.1 Å². The molecule has 0 N–H and O–H groups in total. The summed E-state index contributed by atoms with van der Waals surface area (Å²) < 4.78 is 0. The monoisotopic (exact) mass is 243 g/mol. The Balaban J connectivity index is 1.92. The zero-order valence-electron chi connectivity index (χ0n) is 8.63. The molecule has 1 aliphatic heterocycles. The summed E-state index contributed by atoms with van der Waals surface area (Å²) in [4.78, 5) is 2.44. The molecule has 0 amide bonds. The van der Waals surface area contributed by atoms with E-state index in [1.807, 2.05) is 18.2 Å². The summed E-state index contributed by atoms with van der Waals surface area (Å²) in [5, 5.41) is 1.19. The van der Waals surface area contributed by atoms with Crippen molar-refractivity contribution in [1.29, 1.82) is 0 Å². The third kappa shape index (κ3) is 3.37. The van der Waals surface area contributed by atoms with Gasteiger partial charge < -0.3 is 0 Å². The molecule has 82 valence electrons. The Labute approximate surface area is 101 Å². The second-order valence-electron chi connectivity index (χ2n) is 4.08. The van der Waals surface area contributed by atoms with Crippen LogP contribution in [0.1, 0.15) is 18.4 Å². The molecule has 1 fully saturated rings. The fourth-order valence-corrected chi connectivity index (χ4v) is 2.36. The molecule has 1 saturated heterocycles. The number of piperidine rings is 1. The van der Waals surface area contributed by atoms with Crippen LogP contribution in [-0.4, -0.2) is 23.4 Å². The largest absolute Gasteiger partial charge is 0.299 e. The number of hydrogen-bond donors (Lipinski definition) is 0. The minimum atomic E-state index is 0.376. The van der Waals surface area contributed by atoms with Crippen LogP contribution in [0.5, 0.6) is 0 Å². The lowest BCUT2D eigenvalue weighted by Crippen LogP contribution is -2.33. The molecule has 1 aromatic rings. The van der Waals surface area contributed by atoms with Gasteiger partial charge in [-0.1, -0.05) is 23.7 Å². The van der Waals surface area contributed by atoms with Crippen molar-refractivity contribution >= 4 is 23.2 Å². The maximum atomic E-state index is 6.06. The topological polar surface area (TPSA) is 3.24 Å². The first-order valence-electron chi connectivity index (χ1n) is 5.35. The molecule has 0 radical (unpaired) electrons. The fraction of sp³-hybridized carbons (Fsp3) is 0.500. The molecule has 1 aromatic carbocycles. The summed E-state index contributed by atoms with van der Waals surface area (Å²) in [6.07, 6.45) is 2.20. The van der Waals surface area contributed by atoms with E-state index in [-0.39, 0.29) is 0 Å². The van der Waals surface area contributed by atoms with Gasteiger partial charge in [0.05, 0.1) is 0 Å². The Hall–Kier alpha value is -0.240. The third-order valence-corrected chi connectivity index (χ3v) is 3.48. The molecule has 1 heterocycles. The van der Waals surface area contributed by atoms with Crippen LogP contribution in [0, 0.1) is 0 Å². The normalized spacial score (nSPS) is 19.3. The molecule has 0 saturated carbocycles. The molecule has 0 aliphatic carbocycles. The van der Waals surface area contributed by atoms with Gasteiger partial charge >= 0.3 is 0 Å². The predicted octanol–water partition coefficient (Wildman–Crippen LogP) is 3.54. The van der Waals surface area contributed by atoms with Crippen LogP contribution < -0.4 is 0 Å². The van der Waals surface area contributed by atoms with Gasteiger partial charge in [-0.3, -0.25) is 4.90 Å². The maximum absolute atomic E-state index is 6.06. The zero-order valence-corrected chi connectivity index (χ0v) is 10.1. The molecular formula is C12H15Cl2N. The average molecular weight is 244 g/mol. The lowest BCUT2D eigenvalue weighted by Gasteiger charge is -2.29. The van der Waals surface area contributed by atoms with E-state index in [0.29, 0.717) is 5.38 Å². The number of likely N-dealkylation sites (tertiary alicyclic amines) is 1. The first-order valence-corrected chi connectivity index (χ1v) is 6.16. The number of benzene rings is 1. The molecule has 0 unspecified atom stereocenters. The lowest BCUT2D eigenvalue weighted by molar-refractivity contribution is 0.223. The van der Waals surface area contributed by atoms with Gasteiger partial charge in [-0.2, -0.15) is 0 Å². The van der Waals surface area contributed by atoms with Crippen molar-refractivity contribution in [3.63, 3.8) is 0 Å². The number of alkyl halides is 1. The molecule has 3 heteroatoms. The van der Waals surface area contributed by atoms with E-state index in [9.17, 15) is 0 Å². The van der Waals surface area contributed by atoms with E-state index in [0.717, 1.165) is 37.5 Å². The van der Waals surface area contributed by atoms with Crippen LogP contribution in [0.4, 0.5) is 0 Å². The van der Waals surface area contributed by atoms with Crippen molar-refractivity contribution in [1.82, 2.24) is 4.90 Å². The smallest absolute Gasteiger partial charge is 0.0409 e. The Morgan fingerprint density at radius 2 is 2.00 bits per heavy atom. The van der Waals surface area contributed by atoms with Crippen LogP contribution in [0.2, 0.25) is 5.02 Å². The zero-order chi connectivity index (χ0) is 10.7. The van der Waals surface area contributed by atoms with Crippen LogP contribution in [0.15, 0.2) is 24.3 Å². The number of nitrogens with zero attached hydrogens (tertiary/aromatic N) is 1. The van der Waals surface area contributed by atoms with Gasteiger partial charge in [0.1, 0.15) is 0 Å². The van der Waals surface area contributed by atoms with Gasteiger partial charge in [-0.25, -0.2) is 0 Å². The number of rotatable bonds is 2. The lowest BCUT2D eigenvalue weighted by atomic mass is 10.1. The highest BCUT2D eigenvalue weighted by molar-refractivity contribution is 6.30. The summed E-state index contributed by atoms with van der Waals surface area (Å²) >= 11 is 12.0. The van der Waals surface area contributed by atoms with E-state index in [4.69, 9.17) is 23.2 Å². The van der Waals surface area contributed by atoms with E-state index < -0.39 is 0 Å². The first-order chi connectivity index (χ1) is 7.24. The minimum absolute atomic E-state index is 0.376. The molecule has 0 bridgehead atoms. The second kappa shape index (κ2) is 5.20. The summed E-state index contributed by atoms with van der Waals surface area (Å²) in [5.74, 6) is 0. The molecule has 1 aliphatic rings. The highest BCUT2D eigenvalue weighted by atomic mass is 35.5. The second-order valence-corrected chi connectivity index (χ2v) is 5.13. The van der Waals surface area contributed by atoms with Gasteiger partial charge in [-0.05, 0) is 43.6 Å². The molecular weight excluding hydrogens is 229 g/mol. The summed E-state index contributed by atoms with van der Waals surface area (Å²) in [6, 6.07) is 8.08. The van der Waals surface area contributed by atoms with Crippen molar-refractivity contribution in [3.05, 3.63) is 34.9 Å². The van der Waals surface area contributed by atoms with E-state index >= 15 is 0 Å². The average Bonchev–Trinajstić information content (AvgIpc) is 2.22. The molecule has 0 spiro atoms. The van der Waals surface area contributed by atoms with Gasteiger partial charge in [0, 0.05) is 16.9 Å². The highest BCUT2D eigenvalue weighted by Gasteiger charge is 2.16. The van der Waals surface area contributed by atoms with Crippen molar-refractivity contribution < 1.29 is 0 Å². The van der Waals surface area contributed by atoms with Crippen LogP contribution in [-0.2, 0) is 6.54 Å². The highest BCUT2D eigenvalue weighted by Crippen LogP contribution is 2.18. The van der Waals surface area contributed by atoms with Gasteiger partial charge in [0.25, 0.3) is 0 Å². The van der Waals surface area contributed by atoms with Crippen LogP contribution >= 0.6 is 23.2 Å². The fourth-order valence-electron chi connectivity index (χ4n) is 1.95. The summed E-state index contributed by atoms with van der Waals surface area (Å²) in [7, 11) is 0. The standard InChI is InChI=1S/C12H15Cl2N/c13-11-4-6-15(7-5-11)9-10-2-1-3-12(14)8-10/h1-3,8,11H,4-7,9H2. The predicted molar refractivity (Wildman–Crippen MR) is 65.6 cm³/mol. The van der Waals surface area contributed by atoms with Crippen molar-refractivity contribution in [2.24, 2.45) is 0 Å². The summed E-state index contributed by atoms with van der Waals surface area (Å²) in [5.41, 5.74) is 1.29. The Bertz CT molecular complexity index is 319. The molecule has 0 atom stereocenters. The Kier molecular flexibility index (Phi) is 3.90. The SMILES string of the molecule is Clc1cccc(CN2CCC(Cl)CC2)c1. The summed E-state index contributed by atoms with van der Waals surface area (Å²) in [6.45, 7) is 3.19. The molecule has 15 heavy (non-hydrogen) atoms. The van der Waals surface area contributed by atoms with Crippen LogP contribution in [0.3, 0.4) is 0 Å². The molecule has 2 rings (SSSR count). The third-order valence-electron chi connectivity index (χ3n) is 2.81. The van der Waals surface area contributed by atoms with Gasteiger partial charge in [0.2, 0.25) is 0 Å². The quantitative estimate of drug-likeness (QED) is 0.719. The Morgan fingerprint density at radius 1 is 1.27 bits per heavy atom. The first kappa shape index (κ1) is 11.3. The van der Waals surface area contributed by atoms with E-state index in [2.05, 4.69) is 11.0 Å². The van der Waals surface area contributed by atoms with Crippen LogP contribution in [0.25, 0.3) is 0 Å². The van der Waals surface area contributed by atoms with Gasteiger partial charge in [0.15, 0.2) is 0 Å².